The van der Waals surface area contributed by atoms with Crippen molar-refractivity contribution in [1.29, 1.82) is 5.26 Å². The van der Waals surface area contributed by atoms with Gasteiger partial charge in [-0.15, -0.1) is 0 Å². The fraction of sp³-hybridized carbons (Fsp3) is 0.250. The van der Waals surface area contributed by atoms with Crippen LogP contribution in [0.1, 0.15) is 23.1 Å². The molecular formula is C20H16FN7. The second-order valence-electron chi connectivity index (χ2n) is 6.87. The summed E-state index contributed by atoms with van der Waals surface area (Å²) in [4.78, 5) is 8.46. The highest BCUT2D eigenvalue weighted by atomic mass is 19.1. The second-order valence-corrected chi connectivity index (χ2v) is 6.87. The predicted octanol–water partition coefficient (Wildman–Crippen LogP) is 3.50. The lowest BCUT2D eigenvalue weighted by Crippen LogP contribution is -2.29. The molecule has 1 aliphatic rings. The standard InChI is InChI=1S/C20H16FN7/c1-20(10-22)6-4-16-17(13-5-7-23-19-14(13)9-25-26-19)18(27-28(16)11-20)15-3-2-12(21)8-24-15/h2-3,5,7-9H,4,6,11H2,1H3,(H,23,25,26)/i1D3. The third-order valence-electron chi connectivity index (χ3n) is 5.07. The van der Waals surface area contributed by atoms with Crippen molar-refractivity contribution in [1.82, 2.24) is 29.9 Å². The molecule has 0 aromatic carbocycles. The number of nitrogens with zero attached hydrogens (tertiary/aromatic N) is 6. The monoisotopic (exact) mass is 376 g/mol. The largest absolute Gasteiger partial charge is 0.267 e. The van der Waals surface area contributed by atoms with E-state index >= 15 is 0 Å². The first-order chi connectivity index (χ1) is 14.8. The fourth-order valence-corrected chi connectivity index (χ4v) is 3.69. The average Bonchev–Trinajstić information content (AvgIpc) is 3.37. The number of hydrogen-bond donors (Lipinski definition) is 1. The molecule has 1 N–H and O–H groups in total. The molecule has 7 nitrogen and oxygen atoms in total. The maximum atomic E-state index is 13.5. The lowest BCUT2D eigenvalue weighted by atomic mass is 9.82. The van der Waals surface area contributed by atoms with E-state index < -0.39 is 18.1 Å². The number of H-pyrrole nitrogens is 1. The van der Waals surface area contributed by atoms with Gasteiger partial charge in [0.05, 0.1) is 36.1 Å². The first kappa shape index (κ1) is 13.6. The molecule has 1 unspecified atom stereocenters. The Kier molecular flexibility index (Phi) is 2.88. The molecule has 8 heteroatoms. The van der Waals surface area contributed by atoms with Crippen molar-refractivity contribution in [2.75, 3.05) is 0 Å². The molecule has 4 aromatic heterocycles. The van der Waals surface area contributed by atoms with Crippen LogP contribution in [-0.4, -0.2) is 29.9 Å². The molecule has 1 atom stereocenters. The number of nitriles is 1. The quantitative estimate of drug-likeness (QED) is 0.578. The normalized spacial score (nSPS) is 20.8. The molecule has 0 fully saturated rings. The molecule has 0 bridgehead atoms. The Morgan fingerprint density at radius 1 is 1.32 bits per heavy atom. The Balaban J connectivity index is 1.76. The van der Waals surface area contributed by atoms with E-state index in [-0.39, 0.29) is 13.0 Å². The van der Waals surface area contributed by atoms with Crippen LogP contribution in [0.15, 0.2) is 36.8 Å². The van der Waals surface area contributed by atoms with Crippen LogP contribution in [-0.2, 0) is 13.0 Å². The van der Waals surface area contributed by atoms with Crippen molar-refractivity contribution in [2.24, 2.45) is 5.41 Å². The highest BCUT2D eigenvalue weighted by Crippen LogP contribution is 2.41. The zero-order chi connectivity index (χ0) is 21.8. The van der Waals surface area contributed by atoms with Crippen LogP contribution in [0.4, 0.5) is 4.39 Å². The number of pyridine rings is 2. The summed E-state index contributed by atoms with van der Waals surface area (Å²) in [6.45, 7) is -2.52. The summed E-state index contributed by atoms with van der Waals surface area (Å²) in [5, 5.41) is 22.1. The van der Waals surface area contributed by atoms with Gasteiger partial charge in [-0.3, -0.25) is 14.8 Å². The van der Waals surface area contributed by atoms with Crippen molar-refractivity contribution in [2.45, 2.75) is 26.2 Å². The molecule has 1 aliphatic heterocycles. The minimum atomic E-state index is -2.45. The summed E-state index contributed by atoms with van der Waals surface area (Å²) in [6.07, 6.45) is 4.94. The van der Waals surface area contributed by atoms with Gasteiger partial charge in [0.2, 0.25) is 0 Å². The number of fused-ring (bicyclic) bond motifs is 2. The minimum absolute atomic E-state index is 0.0663. The van der Waals surface area contributed by atoms with E-state index in [0.717, 1.165) is 28.4 Å². The lowest BCUT2D eigenvalue weighted by molar-refractivity contribution is 0.286. The number of halogens is 1. The smallest absolute Gasteiger partial charge is 0.155 e. The lowest BCUT2D eigenvalue weighted by Gasteiger charge is -2.28. The van der Waals surface area contributed by atoms with Crippen LogP contribution in [0.25, 0.3) is 33.5 Å². The van der Waals surface area contributed by atoms with Gasteiger partial charge in [0, 0.05) is 27.0 Å². The van der Waals surface area contributed by atoms with E-state index in [9.17, 15) is 9.65 Å². The Morgan fingerprint density at radius 3 is 3.04 bits per heavy atom. The van der Waals surface area contributed by atoms with Crippen molar-refractivity contribution in [3.63, 3.8) is 0 Å². The van der Waals surface area contributed by atoms with Gasteiger partial charge < -0.3 is 0 Å². The molecule has 0 saturated carbocycles. The van der Waals surface area contributed by atoms with Crippen LogP contribution in [0, 0.1) is 22.6 Å². The molecule has 0 aliphatic carbocycles. The molecule has 0 amide bonds. The van der Waals surface area contributed by atoms with Crippen LogP contribution in [0.3, 0.4) is 0 Å². The minimum Gasteiger partial charge on any atom is -0.267 e. The molecule has 28 heavy (non-hydrogen) atoms. The Hall–Kier alpha value is -3.60. The Labute approximate surface area is 164 Å². The number of nitrogens with one attached hydrogen (secondary N) is 1. The summed E-state index contributed by atoms with van der Waals surface area (Å²) in [6, 6.07) is 6.69. The molecule has 0 radical (unpaired) electrons. The number of aromatic amines is 1. The SMILES string of the molecule is [2H]C([2H])([2H])C1(C#N)CCc2c(-c3ccnc4[nH]ncc34)c(-c3ccc(F)cn3)nn2C1. The van der Waals surface area contributed by atoms with Crippen molar-refractivity contribution in [3.8, 4) is 28.6 Å². The number of rotatable bonds is 2. The fourth-order valence-electron chi connectivity index (χ4n) is 3.69. The summed E-state index contributed by atoms with van der Waals surface area (Å²) >= 11 is 0. The second kappa shape index (κ2) is 5.96. The zero-order valence-electron chi connectivity index (χ0n) is 17.6. The zero-order valence-corrected chi connectivity index (χ0v) is 14.6. The van der Waals surface area contributed by atoms with Gasteiger partial charge in [0.15, 0.2) is 5.65 Å². The van der Waals surface area contributed by atoms with Crippen molar-refractivity contribution in [3.05, 3.63) is 48.3 Å². The van der Waals surface area contributed by atoms with E-state index in [1.54, 1.807) is 17.1 Å². The third kappa shape index (κ3) is 2.47. The maximum absolute atomic E-state index is 13.5. The average molecular weight is 376 g/mol. The molecular weight excluding hydrogens is 357 g/mol. The first-order valence-corrected chi connectivity index (χ1v) is 8.74. The molecule has 138 valence electrons. The number of hydrogen-bond acceptors (Lipinski definition) is 5. The molecule has 5 heterocycles. The number of aromatic nitrogens is 6. The molecule has 4 aromatic rings. The molecule has 0 saturated heterocycles. The Morgan fingerprint density at radius 2 is 2.25 bits per heavy atom. The topological polar surface area (TPSA) is 96.1 Å². The van der Waals surface area contributed by atoms with Crippen LogP contribution in [0.5, 0.6) is 0 Å². The van der Waals surface area contributed by atoms with Gasteiger partial charge in [0.25, 0.3) is 0 Å². The first-order valence-electron chi connectivity index (χ1n) is 10.2. The van der Waals surface area contributed by atoms with E-state index in [2.05, 4.69) is 25.3 Å². The Bertz CT molecular complexity index is 1330. The van der Waals surface area contributed by atoms with Gasteiger partial charge in [-0.1, -0.05) is 0 Å². The van der Waals surface area contributed by atoms with E-state index in [4.69, 9.17) is 4.11 Å². The van der Waals surface area contributed by atoms with E-state index in [1.807, 2.05) is 12.1 Å². The highest BCUT2D eigenvalue weighted by Gasteiger charge is 2.34. The summed E-state index contributed by atoms with van der Waals surface area (Å²) in [7, 11) is 0. The summed E-state index contributed by atoms with van der Waals surface area (Å²) in [5.41, 5.74) is 2.36. The van der Waals surface area contributed by atoms with Crippen molar-refractivity contribution < 1.29 is 8.50 Å². The molecule has 0 spiro atoms. The van der Waals surface area contributed by atoms with Gasteiger partial charge >= 0.3 is 0 Å². The summed E-state index contributed by atoms with van der Waals surface area (Å²) < 4.78 is 38.8. The van der Waals surface area contributed by atoms with Gasteiger partial charge in [-0.2, -0.15) is 15.5 Å². The van der Waals surface area contributed by atoms with Crippen LogP contribution in [0.2, 0.25) is 0 Å². The van der Waals surface area contributed by atoms with Gasteiger partial charge in [-0.25, -0.2) is 9.37 Å². The van der Waals surface area contributed by atoms with Gasteiger partial charge in [-0.05, 0) is 43.5 Å². The van der Waals surface area contributed by atoms with Crippen LogP contribution < -0.4 is 0 Å². The highest BCUT2D eigenvalue weighted by molar-refractivity contribution is 5.97. The maximum Gasteiger partial charge on any atom is 0.155 e. The third-order valence-corrected chi connectivity index (χ3v) is 5.07. The summed E-state index contributed by atoms with van der Waals surface area (Å²) in [5.74, 6) is -0.471. The molecule has 5 rings (SSSR count). The van der Waals surface area contributed by atoms with E-state index in [1.165, 1.54) is 12.1 Å². The predicted molar refractivity (Wildman–Crippen MR) is 100 cm³/mol. The van der Waals surface area contributed by atoms with Gasteiger partial charge in [0.1, 0.15) is 11.5 Å². The van der Waals surface area contributed by atoms with Crippen molar-refractivity contribution >= 4 is 11.0 Å². The van der Waals surface area contributed by atoms with E-state index in [0.29, 0.717) is 23.5 Å². The van der Waals surface area contributed by atoms with Crippen LogP contribution >= 0.6 is 0 Å².